The zero-order valence-electron chi connectivity index (χ0n) is 11.2. The van der Waals surface area contributed by atoms with Gasteiger partial charge in [-0.15, -0.1) is 13.2 Å². The second kappa shape index (κ2) is 5.97. The third-order valence-corrected chi connectivity index (χ3v) is 4.10. The largest absolute Gasteiger partial charge is 0.504 e. The van der Waals surface area contributed by atoms with E-state index < -0.39 is 21.2 Å². The lowest BCUT2D eigenvalue weighted by Crippen LogP contribution is -2.17. The van der Waals surface area contributed by atoms with Crippen LogP contribution in [-0.2, 0) is 22.7 Å². The summed E-state index contributed by atoms with van der Waals surface area (Å²) in [7, 11) is -4.14. The van der Waals surface area contributed by atoms with Crippen molar-refractivity contribution in [2.24, 2.45) is 5.73 Å². The molecule has 1 aromatic carbocycles. The van der Waals surface area contributed by atoms with E-state index >= 15 is 0 Å². The smallest absolute Gasteiger partial charge is 0.330 e. The Hall–Kier alpha value is -2.07. The van der Waals surface area contributed by atoms with Crippen molar-refractivity contribution in [1.82, 2.24) is 9.78 Å². The standard InChI is InChI=1S/C12H13F3N4O2S/c13-12(14,15)19-8-11(7-17-19)22(20,21)18-10-3-1-9(2-4-10)5-6-16/h1-4,7-8,18H,5-6,16H2. The fourth-order valence-corrected chi connectivity index (χ4v) is 2.69. The first-order chi connectivity index (χ1) is 10.2. The zero-order valence-corrected chi connectivity index (χ0v) is 12.0. The van der Waals surface area contributed by atoms with Crippen molar-refractivity contribution < 1.29 is 21.6 Å². The van der Waals surface area contributed by atoms with Crippen molar-refractivity contribution in [2.45, 2.75) is 17.6 Å². The summed E-state index contributed by atoms with van der Waals surface area (Å²) in [5.74, 6) is 0. The number of benzene rings is 1. The Morgan fingerprint density at radius 3 is 2.36 bits per heavy atom. The number of halogens is 3. The van der Waals surface area contributed by atoms with Crippen LogP contribution in [0.2, 0.25) is 0 Å². The Kier molecular flexibility index (Phi) is 4.42. The number of nitrogens with one attached hydrogen (secondary N) is 1. The maximum atomic E-state index is 12.4. The number of aromatic nitrogens is 2. The quantitative estimate of drug-likeness (QED) is 0.870. The van der Waals surface area contributed by atoms with Crippen LogP contribution in [0.3, 0.4) is 0 Å². The average molecular weight is 334 g/mol. The van der Waals surface area contributed by atoms with Gasteiger partial charge in [-0.3, -0.25) is 4.72 Å². The number of rotatable bonds is 5. The summed E-state index contributed by atoms with van der Waals surface area (Å²) in [5.41, 5.74) is 6.56. The number of hydrogen-bond donors (Lipinski definition) is 2. The normalized spacial score (nSPS) is 12.4. The van der Waals surface area contributed by atoms with E-state index in [4.69, 9.17) is 5.73 Å². The van der Waals surface area contributed by atoms with Gasteiger partial charge in [0.15, 0.2) is 0 Å². The summed E-state index contributed by atoms with van der Waals surface area (Å²) in [6.45, 7) is 0.460. The molecule has 2 rings (SSSR count). The Bertz CT molecular complexity index is 738. The molecule has 120 valence electrons. The first-order valence-corrected chi connectivity index (χ1v) is 7.64. The highest BCUT2D eigenvalue weighted by atomic mass is 32.2. The van der Waals surface area contributed by atoms with E-state index in [1.54, 1.807) is 12.1 Å². The van der Waals surface area contributed by atoms with Gasteiger partial charge in [-0.05, 0) is 30.7 Å². The molecular weight excluding hydrogens is 321 g/mol. The molecule has 0 aliphatic carbocycles. The SMILES string of the molecule is NCCc1ccc(NS(=O)(=O)c2cnn(C(F)(F)F)c2)cc1. The van der Waals surface area contributed by atoms with E-state index in [1.165, 1.54) is 12.1 Å². The number of alkyl halides is 3. The molecular formula is C12H13F3N4O2S. The van der Waals surface area contributed by atoms with Crippen molar-refractivity contribution in [2.75, 3.05) is 11.3 Å². The maximum absolute atomic E-state index is 12.4. The number of anilines is 1. The van der Waals surface area contributed by atoms with Gasteiger partial charge in [0.1, 0.15) is 4.90 Å². The molecule has 0 saturated heterocycles. The fourth-order valence-electron chi connectivity index (χ4n) is 1.70. The summed E-state index contributed by atoms with van der Waals surface area (Å²) in [6.07, 6.45) is -3.08. The minimum atomic E-state index is -4.77. The van der Waals surface area contributed by atoms with E-state index in [0.717, 1.165) is 5.56 Å². The van der Waals surface area contributed by atoms with Gasteiger partial charge >= 0.3 is 6.30 Å². The summed E-state index contributed by atoms with van der Waals surface area (Å²) < 4.78 is 63.0. The third-order valence-electron chi connectivity index (χ3n) is 2.77. The topological polar surface area (TPSA) is 90.0 Å². The molecule has 0 saturated carbocycles. The number of nitrogens with two attached hydrogens (primary N) is 1. The van der Waals surface area contributed by atoms with Gasteiger partial charge in [-0.1, -0.05) is 12.1 Å². The Balaban J connectivity index is 2.18. The van der Waals surface area contributed by atoms with Gasteiger partial charge in [0.2, 0.25) is 0 Å². The predicted molar refractivity (Wildman–Crippen MR) is 73.5 cm³/mol. The van der Waals surface area contributed by atoms with E-state index in [-0.39, 0.29) is 10.4 Å². The summed E-state index contributed by atoms with van der Waals surface area (Å²) >= 11 is 0. The Labute approximate surface area is 124 Å². The van der Waals surface area contributed by atoms with Gasteiger partial charge in [0, 0.05) is 5.69 Å². The zero-order chi connectivity index (χ0) is 16.4. The van der Waals surface area contributed by atoms with E-state index in [9.17, 15) is 21.6 Å². The lowest BCUT2D eigenvalue weighted by atomic mass is 10.1. The van der Waals surface area contributed by atoms with E-state index in [1.807, 2.05) is 0 Å². The molecule has 0 unspecified atom stereocenters. The highest BCUT2D eigenvalue weighted by Crippen LogP contribution is 2.23. The molecule has 0 aliphatic heterocycles. The molecule has 0 amide bonds. The summed E-state index contributed by atoms with van der Waals surface area (Å²) in [5, 5.41) is 2.99. The van der Waals surface area contributed by atoms with Crippen LogP contribution >= 0.6 is 0 Å². The Morgan fingerprint density at radius 2 is 1.86 bits per heavy atom. The van der Waals surface area contributed by atoms with Gasteiger partial charge in [-0.2, -0.15) is 9.78 Å². The van der Waals surface area contributed by atoms with Crippen LogP contribution in [0.4, 0.5) is 18.9 Å². The van der Waals surface area contributed by atoms with Crippen LogP contribution in [0.15, 0.2) is 41.6 Å². The van der Waals surface area contributed by atoms with Crippen molar-refractivity contribution in [3.05, 3.63) is 42.2 Å². The summed E-state index contributed by atoms with van der Waals surface area (Å²) in [4.78, 5) is -0.573. The molecule has 10 heteroatoms. The minimum absolute atomic E-state index is 0.237. The molecule has 6 nitrogen and oxygen atoms in total. The van der Waals surface area contributed by atoms with Crippen LogP contribution in [-0.4, -0.2) is 24.7 Å². The van der Waals surface area contributed by atoms with E-state index in [0.29, 0.717) is 25.4 Å². The first-order valence-electron chi connectivity index (χ1n) is 6.16. The fraction of sp³-hybridized carbons (Fsp3) is 0.250. The Morgan fingerprint density at radius 1 is 1.23 bits per heavy atom. The van der Waals surface area contributed by atoms with Gasteiger partial charge in [0.25, 0.3) is 10.0 Å². The molecule has 1 aromatic heterocycles. The van der Waals surface area contributed by atoms with Crippen LogP contribution in [0, 0.1) is 0 Å². The van der Waals surface area contributed by atoms with Gasteiger partial charge in [0.05, 0.1) is 12.4 Å². The predicted octanol–water partition coefficient (Wildman–Crippen LogP) is 1.66. The second-order valence-corrected chi connectivity index (χ2v) is 6.11. The van der Waals surface area contributed by atoms with Gasteiger partial charge < -0.3 is 5.73 Å². The minimum Gasteiger partial charge on any atom is -0.330 e. The molecule has 0 fully saturated rings. The molecule has 22 heavy (non-hydrogen) atoms. The lowest BCUT2D eigenvalue weighted by molar-refractivity contribution is -0.212. The lowest BCUT2D eigenvalue weighted by Gasteiger charge is -2.07. The molecule has 0 spiro atoms. The van der Waals surface area contributed by atoms with Crippen molar-refractivity contribution in [3.63, 3.8) is 0 Å². The first kappa shape index (κ1) is 16.3. The molecule has 0 bridgehead atoms. The van der Waals surface area contributed by atoms with E-state index in [2.05, 4.69) is 9.82 Å². The summed E-state index contributed by atoms with van der Waals surface area (Å²) in [6, 6.07) is 6.39. The molecule has 0 radical (unpaired) electrons. The molecule has 1 heterocycles. The average Bonchev–Trinajstić information content (AvgIpc) is 2.91. The number of hydrogen-bond acceptors (Lipinski definition) is 4. The highest BCUT2D eigenvalue weighted by Gasteiger charge is 2.33. The monoisotopic (exact) mass is 334 g/mol. The molecule has 0 aliphatic rings. The van der Waals surface area contributed by atoms with Crippen molar-refractivity contribution in [3.8, 4) is 0 Å². The van der Waals surface area contributed by atoms with Crippen LogP contribution in [0.25, 0.3) is 0 Å². The third kappa shape index (κ3) is 3.77. The van der Waals surface area contributed by atoms with Crippen LogP contribution in [0.5, 0.6) is 0 Å². The number of sulfonamides is 1. The second-order valence-electron chi connectivity index (χ2n) is 4.43. The molecule has 3 N–H and O–H groups in total. The highest BCUT2D eigenvalue weighted by molar-refractivity contribution is 7.92. The number of nitrogens with zero attached hydrogens (tertiary/aromatic N) is 2. The molecule has 0 atom stereocenters. The van der Waals surface area contributed by atoms with Crippen molar-refractivity contribution in [1.29, 1.82) is 0 Å². The van der Waals surface area contributed by atoms with Crippen molar-refractivity contribution >= 4 is 15.7 Å². The maximum Gasteiger partial charge on any atom is 0.504 e. The molecule has 2 aromatic rings. The van der Waals surface area contributed by atoms with Gasteiger partial charge in [-0.25, -0.2) is 8.42 Å². The van der Waals surface area contributed by atoms with Crippen LogP contribution in [0.1, 0.15) is 5.56 Å². The van der Waals surface area contributed by atoms with Crippen LogP contribution < -0.4 is 10.5 Å².